The number of rotatable bonds is 11. The molecule has 36 heavy (non-hydrogen) atoms. The summed E-state index contributed by atoms with van der Waals surface area (Å²) in [6.45, 7) is 6.11. The van der Waals surface area contributed by atoms with Crippen molar-refractivity contribution >= 4 is 32.2 Å². The van der Waals surface area contributed by atoms with Crippen molar-refractivity contribution in [3.8, 4) is 0 Å². The number of benzene rings is 2. The van der Waals surface area contributed by atoms with Crippen LogP contribution in [0.5, 0.6) is 0 Å². The van der Waals surface area contributed by atoms with Crippen LogP contribution in [0.15, 0.2) is 58.3 Å². The minimum atomic E-state index is -4.47. The highest BCUT2D eigenvalue weighted by molar-refractivity contribution is 7.87. The maximum absolute atomic E-state index is 13.2. The summed E-state index contributed by atoms with van der Waals surface area (Å²) in [5.74, 6) is -2.11. The minimum absolute atomic E-state index is 0.196. The lowest BCUT2D eigenvalue weighted by molar-refractivity contribution is 0.0101. The highest BCUT2D eigenvalue weighted by Gasteiger charge is 2.40. The third kappa shape index (κ3) is 6.69. The fraction of sp³-hybridized carbons (Fsp3) is 0.417. The average Bonchev–Trinajstić information content (AvgIpc) is 2.85. The maximum atomic E-state index is 13.2. The third-order valence-electron chi connectivity index (χ3n) is 5.32. The Labute approximate surface area is 211 Å². The molecule has 0 aliphatic carbocycles. The SMILES string of the molecule is COC(=O)c1ccccc1S(=O)(=O)OCC(C)(C)C(OS(=O)(=O)c1ccccc1C(=O)OC)C(C)C. The van der Waals surface area contributed by atoms with E-state index in [9.17, 15) is 26.4 Å². The van der Waals surface area contributed by atoms with Gasteiger partial charge in [-0.15, -0.1) is 0 Å². The summed E-state index contributed by atoms with van der Waals surface area (Å²) in [6, 6.07) is 10.8. The van der Waals surface area contributed by atoms with Gasteiger partial charge in [0.2, 0.25) is 0 Å². The highest BCUT2D eigenvalue weighted by Crippen LogP contribution is 2.34. The van der Waals surface area contributed by atoms with E-state index in [1.807, 2.05) is 0 Å². The third-order valence-corrected chi connectivity index (χ3v) is 7.99. The molecule has 198 valence electrons. The van der Waals surface area contributed by atoms with Crippen molar-refractivity contribution < 1.29 is 44.3 Å². The molecule has 0 saturated carbocycles. The van der Waals surface area contributed by atoms with Gasteiger partial charge in [0, 0.05) is 5.41 Å². The molecule has 0 fully saturated rings. The number of hydrogen-bond donors (Lipinski definition) is 0. The van der Waals surface area contributed by atoms with Gasteiger partial charge < -0.3 is 9.47 Å². The van der Waals surface area contributed by atoms with Gasteiger partial charge in [-0.2, -0.15) is 16.8 Å². The van der Waals surface area contributed by atoms with E-state index >= 15 is 0 Å². The van der Waals surface area contributed by atoms with E-state index in [-0.39, 0.29) is 20.9 Å². The smallest absolute Gasteiger partial charge is 0.339 e. The Balaban J connectivity index is 2.35. The topological polar surface area (TPSA) is 139 Å². The second-order valence-electron chi connectivity index (χ2n) is 8.90. The molecule has 10 nitrogen and oxygen atoms in total. The fourth-order valence-corrected chi connectivity index (χ4v) is 6.41. The molecule has 0 aliphatic rings. The lowest BCUT2D eigenvalue weighted by Gasteiger charge is -2.35. The molecule has 0 bridgehead atoms. The molecule has 0 radical (unpaired) electrons. The highest BCUT2D eigenvalue weighted by atomic mass is 32.2. The number of methoxy groups -OCH3 is 2. The number of carbonyl (C=O) groups excluding carboxylic acids is 2. The van der Waals surface area contributed by atoms with Gasteiger partial charge in [-0.25, -0.2) is 9.59 Å². The van der Waals surface area contributed by atoms with Gasteiger partial charge in [0.15, 0.2) is 0 Å². The zero-order chi connectivity index (χ0) is 27.3. The largest absolute Gasteiger partial charge is 0.465 e. The van der Waals surface area contributed by atoms with Crippen molar-refractivity contribution in [1.29, 1.82) is 0 Å². The van der Waals surface area contributed by atoms with E-state index in [1.165, 1.54) is 48.5 Å². The number of hydrogen-bond acceptors (Lipinski definition) is 10. The van der Waals surface area contributed by atoms with Crippen LogP contribution in [0.1, 0.15) is 48.4 Å². The normalized spacial score (nSPS) is 13.3. The van der Waals surface area contributed by atoms with Gasteiger partial charge in [0.1, 0.15) is 9.79 Å². The van der Waals surface area contributed by atoms with Crippen molar-refractivity contribution in [3.63, 3.8) is 0 Å². The molecule has 0 amide bonds. The first kappa shape index (κ1) is 29.4. The molecule has 1 atom stereocenters. The lowest BCUT2D eigenvalue weighted by Crippen LogP contribution is -2.42. The summed E-state index contributed by atoms with van der Waals surface area (Å²) < 4.78 is 72.3. The molecule has 2 aromatic rings. The van der Waals surface area contributed by atoms with Gasteiger partial charge in [0.25, 0.3) is 20.2 Å². The summed E-state index contributed by atoms with van der Waals surface area (Å²) >= 11 is 0. The van der Waals surface area contributed by atoms with Crippen molar-refractivity contribution in [1.82, 2.24) is 0 Å². The van der Waals surface area contributed by atoms with E-state index in [1.54, 1.807) is 27.7 Å². The summed E-state index contributed by atoms with van der Waals surface area (Å²) in [5, 5.41) is 0. The molecule has 0 aromatic heterocycles. The molecule has 2 aromatic carbocycles. The van der Waals surface area contributed by atoms with Crippen LogP contribution in [0.3, 0.4) is 0 Å². The Hall–Kier alpha value is -2.80. The monoisotopic (exact) mass is 542 g/mol. The van der Waals surface area contributed by atoms with Crippen molar-refractivity contribution in [3.05, 3.63) is 59.7 Å². The second kappa shape index (κ2) is 11.5. The van der Waals surface area contributed by atoms with Gasteiger partial charge in [0.05, 0.1) is 38.1 Å². The minimum Gasteiger partial charge on any atom is -0.465 e. The van der Waals surface area contributed by atoms with Gasteiger partial charge in [-0.05, 0) is 30.2 Å². The van der Waals surface area contributed by atoms with Gasteiger partial charge in [-0.1, -0.05) is 52.0 Å². The Bertz CT molecular complexity index is 1310. The first-order valence-electron chi connectivity index (χ1n) is 10.9. The lowest BCUT2D eigenvalue weighted by atomic mass is 9.82. The molecule has 1 unspecified atom stereocenters. The standard InChI is InChI=1S/C24H30O10S2/c1-16(2)21(34-36(29,30)20-14-10-8-12-18(20)23(26)32-6)24(3,4)15-33-35(27,28)19-13-9-7-11-17(19)22(25)31-5/h7-14,16,21H,15H2,1-6H3. The van der Waals surface area contributed by atoms with Crippen LogP contribution in [0.2, 0.25) is 0 Å². The van der Waals surface area contributed by atoms with Crippen LogP contribution in [0, 0.1) is 11.3 Å². The van der Waals surface area contributed by atoms with E-state index in [0.29, 0.717) is 0 Å². The zero-order valence-electron chi connectivity index (χ0n) is 20.9. The van der Waals surface area contributed by atoms with E-state index in [2.05, 4.69) is 9.47 Å². The first-order valence-corrected chi connectivity index (χ1v) is 13.7. The zero-order valence-corrected chi connectivity index (χ0v) is 22.5. The van der Waals surface area contributed by atoms with E-state index in [0.717, 1.165) is 14.2 Å². The molecule has 0 aliphatic heterocycles. The first-order chi connectivity index (χ1) is 16.7. The molecule has 0 saturated heterocycles. The molecular formula is C24H30O10S2. The van der Waals surface area contributed by atoms with Gasteiger partial charge in [-0.3, -0.25) is 8.37 Å². The predicted octanol–water partition coefficient (Wildman–Crippen LogP) is 3.42. The Kier molecular flexibility index (Phi) is 9.40. The molecular weight excluding hydrogens is 512 g/mol. The molecule has 0 spiro atoms. The summed E-state index contributed by atoms with van der Waals surface area (Å²) in [4.78, 5) is 23.3. The number of carbonyl (C=O) groups is 2. The van der Waals surface area contributed by atoms with Gasteiger partial charge >= 0.3 is 11.9 Å². The maximum Gasteiger partial charge on any atom is 0.339 e. The van der Waals surface area contributed by atoms with Crippen molar-refractivity contribution in [2.75, 3.05) is 20.8 Å². The van der Waals surface area contributed by atoms with Crippen molar-refractivity contribution in [2.24, 2.45) is 11.3 Å². The molecule has 0 heterocycles. The second-order valence-corrected chi connectivity index (χ2v) is 12.0. The van der Waals surface area contributed by atoms with Crippen LogP contribution >= 0.6 is 0 Å². The summed E-state index contributed by atoms with van der Waals surface area (Å²) in [7, 11) is -6.64. The number of esters is 2. The molecule has 0 N–H and O–H groups in total. The fourth-order valence-electron chi connectivity index (χ4n) is 3.63. The van der Waals surface area contributed by atoms with Crippen LogP contribution < -0.4 is 0 Å². The summed E-state index contributed by atoms with van der Waals surface area (Å²) in [5.41, 5.74) is -1.55. The Morgan fingerprint density at radius 3 is 1.61 bits per heavy atom. The van der Waals surface area contributed by atoms with Crippen molar-refractivity contribution in [2.45, 2.75) is 43.6 Å². The Morgan fingerprint density at radius 2 is 1.19 bits per heavy atom. The quantitative estimate of drug-likeness (QED) is 0.306. The average molecular weight is 543 g/mol. The molecule has 2 rings (SSSR count). The van der Waals surface area contributed by atoms with E-state index in [4.69, 9.17) is 8.37 Å². The number of ether oxygens (including phenoxy) is 2. The summed E-state index contributed by atoms with van der Waals surface area (Å²) in [6.07, 6.45) is -1.06. The van der Waals surface area contributed by atoms with Crippen LogP contribution in [0.25, 0.3) is 0 Å². The van der Waals surface area contributed by atoms with E-state index < -0.39 is 56.2 Å². The molecule has 12 heteroatoms. The Morgan fingerprint density at radius 1 is 0.778 bits per heavy atom. The van der Waals surface area contributed by atoms with Crippen LogP contribution in [0.4, 0.5) is 0 Å². The van der Waals surface area contributed by atoms with Crippen LogP contribution in [-0.2, 0) is 38.1 Å². The van der Waals surface area contributed by atoms with Crippen LogP contribution in [-0.4, -0.2) is 55.7 Å². The predicted molar refractivity (Wildman–Crippen MR) is 129 cm³/mol.